The summed E-state index contributed by atoms with van der Waals surface area (Å²) in [6.45, 7) is -0.139. The number of benzene rings is 2. The minimum Gasteiger partial charge on any atom is -0.435 e. The second-order valence-electron chi connectivity index (χ2n) is 8.40. The van der Waals surface area contributed by atoms with Gasteiger partial charge in [-0.05, 0) is 48.0 Å². The number of rotatable bonds is 7. The molecule has 2 aromatic heterocycles. The molecule has 7 nitrogen and oxygen atoms in total. The zero-order valence-electron chi connectivity index (χ0n) is 19.5. The maximum atomic E-state index is 13.2. The van der Waals surface area contributed by atoms with Crippen LogP contribution in [-0.4, -0.2) is 58.4 Å². The number of hydrogen-bond acceptors (Lipinski definition) is 5. The van der Waals surface area contributed by atoms with E-state index >= 15 is 0 Å². The van der Waals surface area contributed by atoms with Crippen LogP contribution in [0.4, 0.5) is 14.6 Å². The summed E-state index contributed by atoms with van der Waals surface area (Å²) in [7, 11) is 0. The van der Waals surface area contributed by atoms with Crippen LogP contribution in [0.5, 0.6) is 5.75 Å². The number of anilines is 1. The van der Waals surface area contributed by atoms with E-state index in [0.29, 0.717) is 31.9 Å². The standard InChI is InChI=1S/C27H25F2N5O2/c28-27(29)36-22-11-9-20(10-12-22)23-18-24(21-6-2-1-3-7-21)34(31-23)19-26(35)33-16-14-32(15-17-33)25-8-4-5-13-30-25/h1-13,18,27H,14-17,19H2. The number of carbonyl (C=O) groups excluding carboxylic acids is 1. The lowest BCUT2D eigenvalue weighted by molar-refractivity contribution is -0.132. The van der Waals surface area contributed by atoms with Crippen LogP contribution in [0.3, 0.4) is 0 Å². The smallest absolute Gasteiger partial charge is 0.387 e. The first-order valence-corrected chi connectivity index (χ1v) is 11.7. The van der Waals surface area contributed by atoms with Crippen LogP contribution in [-0.2, 0) is 11.3 Å². The summed E-state index contributed by atoms with van der Waals surface area (Å²) in [5, 5.41) is 4.70. The highest BCUT2D eigenvalue weighted by atomic mass is 19.3. The number of piperazine rings is 1. The van der Waals surface area contributed by atoms with E-state index in [-0.39, 0.29) is 18.2 Å². The van der Waals surface area contributed by atoms with Crippen LogP contribution < -0.4 is 9.64 Å². The maximum Gasteiger partial charge on any atom is 0.387 e. The van der Waals surface area contributed by atoms with E-state index in [4.69, 9.17) is 5.10 Å². The molecule has 5 rings (SSSR count). The summed E-state index contributed by atoms with van der Waals surface area (Å²) in [6, 6.07) is 23.8. The molecule has 2 aromatic carbocycles. The average molecular weight is 490 g/mol. The van der Waals surface area contributed by atoms with Crippen molar-refractivity contribution in [2.45, 2.75) is 13.2 Å². The second kappa shape index (κ2) is 10.6. The zero-order chi connectivity index (χ0) is 24.9. The molecule has 1 amide bonds. The van der Waals surface area contributed by atoms with Crippen LogP contribution in [0.15, 0.2) is 85.1 Å². The van der Waals surface area contributed by atoms with Crippen molar-refractivity contribution < 1.29 is 18.3 Å². The van der Waals surface area contributed by atoms with Gasteiger partial charge in [0.15, 0.2) is 0 Å². The van der Waals surface area contributed by atoms with Crippen molar-refractivity contribution in [1.82, 2.24) is 19.7 Å². The summed E-state index contributed by atoms with van der Waals surface area (Å²) in [4.78, 5) is 21.7. The highest BCUT2D eigenvalue weighted by Crippen LogP contribution is 2.28. The SMILES string of the molecule is O=C(Cn1nc(-c2ccc(OC(F)F)cc2)cc1-c1ccccc1)N1CCN(c2ccccn2)CC1. The molecular weight excluding hydrogens is 464 g/mol. The Balaban J connectivity index is 1.34. The third-order valence-corrected chi connectivity index (χ3v) is 6.12. The van der Waals surface area contributed by atoms with Crippen molar-refractivity contribution in [3.63, 3.8) is 0 Å². The molecule has 36 heavy (non-hydrogen) atoms. The lowest BCUT2D eigenvalue weighted by atomic mass is 10.1. The summed E-state index contributed by atoms with van der Waals surface area (Å²) < 4.78 is 31.1. The van der Waals surface area contributed by atoms with Crippen molar-refractivity contribution in [3.8, 4) is 28.3 Å². The fraction of sp³-hybridized carbons (Fsp3) is 0.222. The number of hydrogen-bond donors (Lipinski definition) is 0. The predicted molar refractivity (Wildman–Crippen MR) is 133 cm³/mol. The van der Waals surface area contributed by atoms with Gasteiger partial charge in [-0.25, -0.2) is 4.98 Å². The molecule has 0 radical (unpaired) electrons. The Morgan fingerprint density at radius 2 is 1.61 bits per heavy atom. The average Bonchev–Trinajstić information content (AvgIpc) is 3.33. The van der Waals surface area contributed by atoms with E-state index in [9.17, 15) is 13.6 Å². The van der Waals surface area contributed by atoms with E-state index in [1.165, 1.54) is 12.1 Å². The summed E-state index contributed by atoms with van der Waals surface area (Å²) in [5.74, 6) is 0.984. The van der Waals surface area contributed by atoms with Gasteiger partial charge in [0.05, 0.1) is 11.4 Å². The fourth-order valence-corrected chi connectivity index (χ4v) is 4.28. The number of ether oxygens (including phenoxy) is 1. The third kappa shape index (κ3) is 5.35. The molecule has 1 aliphatic rings. The van der Waals surface area contributed by atoms with Gasteiger partial charge in [-0.2, -0.15) is 13.9 Å². The van der Waals surface area contributed by atoms with Gasteiger partial charge in [0.25, 0.3) is 0 Å². The number of pyridine rings is 1. The van der Waals surface area contributed by atoms with Gasteiger partial charge in [0.1, 0.15) is 18.1 Å². The zero-order valence-corrected chi connectivity index (χ0v) is 19.5. The lowest BCUT2D eigenvalue weighted by Crippen LogP contribution is -2.49. The molecule has 0 bridgehead atoms. The molecule has 1 saturated heterocycles. The van der Waals surface area contributed by atoms with Crippen LogP contribution in [0.1, 0.15) is 0 Å². The van der Waals surface area contributed by atoms with Crippen LogP contribution in [0.2, 0.25) is 0 Å². The predicted octanol–water partition coefficient (Wildman–Crippen LogP) is 4.56. The molecule has 0 spiro atoms. The van der Waals surface area contributed by atoms with Crippen LogP contribution >= 0.6 is 0 Å². The topological polar surface area (TPSA) is 63.5 Å². The highest BCUT2D eigenvalue weighted by Gasteiger charge is 2.23. The third-order valence-electron chi connectivity index (χ3n) is 6.12. The van der Waals surface area contributed by atoms with E-state index in [0.717, 1.165) is 22.6 Å². The highest BCUT2D eigenvalue weighted by molar-refractivity contribution is 5.78. The second-order valence-corrected chi connectivity index (χ2v) is 8.40. The molecule has 0 atom stereocenters. The number of halogens is 2. The number of carbonyl (C=O) groups is 1. The quantitative estimate of drug-likeness (QED) is 0.381. The van der Waals surface area contributed by atoms with Crippen molar-refractivity contribution in [2.24, 2.45) is 0 Å². The van der Waals surface area contributed by atoms with Crippen LogP contribution in [0.25, 0.3) is 22.5 Å². The number of alkyl halides is 2. The van der Waals surface area contributed by atoms with Crippen LogP contribution in [0, 0.1) is 0 Å². The molecule has 0 N–H and O–H groups in total. The summed E-state index contributed by atoms with van der Waals surface area (Å²) in [6.07, 6.45) is 1.77. The molecule has 1 fully saturated rings. The largest absolute Gasteiger partial charge is 0.435 e. The Bertz CT molecular complexity index is 1290. The van der Waals surface area contributed by atoms with E-state index in [1.807, 2.05) is 59.5 Å². The van der Waals surface area contributed by atoms with Crippen molar-refractivity contribution in [3.05, 3.63) is 85.1 Å². The number of aromatic nitrogens is 3. The maximum absolute atomic E-state index is 13.2. The van der Waals surface area contributed by atoms with Gasteiger partial charge >= 0.3 is 6.61 Å². The monoisotopic (exact) mass is 489 g/mol. The van der Waals surface area contributed by atoms with Gasteiger partial charge in [-0.3, -0.25) is 9.48 Å². The first kappa shape index (κ1) is 23.5. The van der Waals surface area contributed by atoms with E-state index in [2.05, 4.69) is 14.6 Å². The first-order valence-electron chi connectivity index (χ1n) is 11.7. The van der Waals surface area contributed by atoms with Gasteiger partial charge in [0.2, 0.25) is 5.91 Å². The Hall–Kier alpha value is -4.27. The minimum absolute atomic E-state index is 0.0109. The molecule has 9 heteroatoms. The molecule has 1 aliphatic heterocycles. The number of amides is 1. The lowest BCUT2D eigenvalue weighted by Gasteiger charge is -2.35. The Morgan fingerprint density at radius 3 is 2.28 bits per heavy atom. The van der Waals surface area contributed by atoms with Crippen molar-refractivity contribution >= 4 is 11.7 Å². The molecule has 0 aliphatic carbocycles. The fourth-order valence-electron chi connectivity index (χ4n) is 4.28. The van der Waals surface area contributed by atoms with Crippen molar-refractivity contribution in [1.29, 1.82) is 0 Å². The molecule has 0 unspecified atom stereocenters. The van der Waals surface area contributed by atoms with E-state index in [1.54, 1.807) is 23.0 Å². The summed E-state index contributed by atoms with van der Waals surface area (Å²) >= 11 is 0. The molecular formula is C27H25F2N5O2. The van der Waals surface area contributed by atoms with Gasteiger partial charge in [-0.15, -0.1) is 0 Å². The minimum atomic E-state index is -2.88. The molecule has 0 saturated carbocycles. The summed E-state index contributed by atoms with van der Waals surface area (Å²) in [5.41, 5.74) is 3.12. The van der Waals surface area contributed by atoms with Gasteiger partial charge in [-0.1, -0.05) is 36.4 Å². The number of nitrogens with zero attached hydrogens (tertiary/aromatic N) is 5. The normalized spacial score (nSPS) is 13.8. The van der Waals surface area contributed by atoms with Gasteiger partial charge in [0, 0.05) is 37.9 Å². The van der Waals surface area contributed by atoms with E-state index < -0.39 is 6.61 Å². The Kier molecular flexibility index (Phi) is 6.88. The molecule has 184 valence electrons. The first-order chi connectivity index (χ1) is 17.6. The molecule has 3 heterocycles. The van der Waals surface area contributed by atoms with Crippen molar-refractivity contribution in [2.75, 3.05) is 31.1 Å². The Labute approximate surface area is 207 Å². The van der Waals surface area contributed by atoms with Gasteiger partial charge < -0.3 is 14.5 Å². The Morgan fingerprint density at radius 1 is 0.889 bits per heavy atom. The molecule has 4 aromatic rings.